The van der Waals surface area contributed by atoms with E-state index in [2.05, 4.69) is 11.1 Å². The molecule has 0 amide bonds. The Kier molecular flexibility index (Phi) is 3.23. The lowest BCUT2D eigenvalue weighted by molar-refractivity contribution is -0.131. The third-order valence-corrected chi connectivity index (χ3v) is 2.65. The van der Waals surface area contributed by atoms with Crippen LogP contribution in [0.15, 0.2) is 36.7 Å². The lowest BCUT2D eigenvalue weighted by Gasteiger charge is -1.99. The first-order valence-electron chi connectivity index (χ1n) is 5.46. The van der Waals surface area contributed by atoms with Crippen LogP contribution in [0.1, 0.15) is 12.0 Å². The maximum atomic E-state index is 10.3. The van der Waals surface area contributed by atoms with Crippen molar-refractivity contribution >= 4 is 17.0 Å². The molecule has 0 saturated heterocycles. The van der Waals surface area contributed by atoms with Crippen LogP contribution in [-0.4, -0.2) is 20.6 Å². The smallest absolute Gasteiger partial charge is 0.327 e. The second kappa shape index (κ2) is 4.82. The van der Waals surface area contributed by atoms with Crippen molar-refractivity contribution in [3.8, 4) is 0 Å². The molecule has 17 heavy (non-hydrogen) atoms. The summed E-state index contributed by atoms with van der Waals surface area (Å²) in [5, 5.41) is 8.46. The van der Waals surface area contributed by atoms with E-state index in [9.17, 15) is 4.79 Å². The van der Waals surface area contributed by atoms with Crippen molar-refractivity contribution in [2.24, 2.45) is 7.05 Å². The van der Waals surface area contributed by atoms with Gasteiger partial charge in [-0.3, -0.25) is 0 Å². The number of aliphatic carboxylic acids is 1. The van der Waals surface area contributed by atoms with Gasteiger partial charge in [-0.05, 0) is 30.5 Å². The van der Waals surface area contributed by atoms with E-state index in [1.54, 1.807) is 12.4 Å². The number of carboxylic acid groups (broad SMARTS) is 1. The molecule has 0 spiro atoms. The van der Waals surface area contributed by atoms with Crippen LogP contribution in [0.3, 0.4) is 0 Å². The van der Waals surface area contributed by atoms with Gasteiger partial charge >= 0.3 is 5.97 Å². The highest BCUT2D eigenvalue weighted by atomic mass is 16.4. The number of aromatic nitrogens is 2. The van der Waals surface area contributed by atoms with Crippen LogP contribution >= 0.6 is 0 Å². The number of carbonyl (C=O) groups is 1. The lowest BCUT2D eigenvalue weighted by atomic mass is 10.1. The Morgan fingerprint density at radius 3 is 3.12 bits per heavy atom. The predicted molar refractivity (Wildman–Crippen MR) is 65.8 cm³/mol. The van der Waals surface area contributed by atoms with E-state index in [4.69, 9.17) is 5.11 Å². The average molecular weight is 230 g/mol. The van der Waals surface area contributed by atoms with E-state index < -0.39 is 5.97 Å². The third-order valence-electron chi connectivity index (χ3n) is 2.65. The summed E-state index contributed by atoms with van der Waals surface area (Å²) in [6, 6.07) is 6.14. The summed E-state index contributed by atoms with van der Waals surface area (Å²) >= 11 is 0. The molecule has 1 aromatic heterocycles. The molecule has 4 nitrogen and oxygen atoms in total. The molecule has 4 heteroatoms. The molecule has 2 rings (SSSR count). The number of imidazole rings is 1. The Labute approximate surface area is 99.2 Å². The Hall–Kier alpha value is -2.10. The van der Waals surface area contributed by atoms with Gasteiger partial charge in [0.1, 0.15) is 0 Å². The van der Waals surface area contributed by atoms with Crippen molar-refractivity contribution < 1.29 is 9.90 Å². The molecule has 1 heterocycles. The average Bonchev–Trinajstić information content (AvgIpc) is 2.66. The summed E-state index contributed by atoms with van der Waals surface area (Å²) in [4.78, 5) is 14.6. The van der Waals surface area contributed by atoms with E-state index >= 15 is 0 Å². The molecule has 0 saturated carbocycles. The summed E-state index contributed by atoms with van der Waals surface area (Å²) in [5.74, 6) is -0.898. The minimum atomic E-state index is -0.898. The standard InChI is InChI=1S/C13H14N2O2/c1-15-9-14-11-8-10(6-7-12(11)15)4-2-3-5-13(16)17/h3,5-9H,2,4H2,1H3,(H,16,17)/b5-3+. The molecule has 0 aliphatic carbocycles. The topological polar surface area (TPSA) is 55.1 Å². The highest BCUT2D eigenvalue weighted by Gasteiger charge is 2.00. The van der Waals surface area contributed by atoms with Gasteiger partial charge in [-0.2, -0.15) is 0 Å². The monoisotopic (exact) mass is 230 g/mol. The number of allylic oxidation sites excluding steroid dienone is 1. The first kappa shape index (κ1) is 11.4. The fourth-order valence-electron chi connectivity index (χ4n) is 1.77. The van der Waals surface area contributed by atoms with Gasteiger partial charge < -0.3 is 9.67 Å². The molecule has 0 fully saturated rings. The molecule has 88 valence electrons. The molecule has 0 atom stereocenters. The number of hydrogen-bond acceptors (Lipinski definition) is 2. The number of hydrogen-bond donors (Lipinski definition) is 1. The number of fused-ring (bicyclic) bond motifs is 1. The summed E-state index contributed by atoms with van der Waals surface area (Å²) in [7, 11) is 1.96. The lowest BCUT2D eigenvalue weighted by Crippen LogP contribution is -1.88. The quantitative estimate of drug-likeness (QED) is 0.819. The van der Waals surface area contributed by atoms with Gasteiger partial charge in [-0.25, -0.2) is 9.78 Å². The van der Waals surface area contributed by atoms with E-state index in [1.807, 2.05) is 23.7 Å². The molecule has 1 N–H and O–H groups in total. The van der Waals surface area contributed by atoms with Crippen LogP contribution in [0.2, 0.25) is 0 Å². The van der Waals surface area contributed by atoms with Gasteiger partial charge in [0.2, 0.25) is 0 Å². The van der Waals surface area contributed by atoms with Gasteiger partial charge in [0, 0.05) is 13.1 Å². The first-order chi connectivity index (χ1) is 8.16. The van der Waals surface area contributed by atoms with Crippen LogP contribution in [0.4, 0.5) is 0 Å². The molecule has 2 aromatic rings. The normalized spacial score (nSPS) is 11.4. The summed E-state index contributed by atoms with van der Waals surface area (Å²) in [6.45, 7) is 0. The van der Waals surface area contributed by atoms with Crippen LogP contribution < -0.4 is 0 Å². The zero-order valence-corrected chi connectivity index (χ0v) is 9.63. The number of benzene rings is 1. The predicted octanol–water partition coefficient (Wildman–Crippen LogP) is 2.15. The number of rotatable bonds is 4. The summed E-state index contributed by atoms with van der Waals surface area (Å²) in [6.07, 6.45) is 6.20. The Balaban J connectivity index is 2.07. The Morgan fingerprint density at radius 2 is 2.35 bits per heavy atom. The summed E-state index contributed by atoms with van der Waals surface area (Å²) in [5.41, 5.74) is 3.26. The van der Waals surface area contributed by atoms with Gasteiger partial charge in [0.25, 0.3) is 0 Å². The van der Waals surface area contributed by atoms with Crippen molar-refractivity contribution in [2.45, 2.75) is 12.8 Å². The van der Waals surface area contributed by atoms with Crippen LogP contribution in [0, 0.1) is 0 Å². The van der Waals surface area contributed by atoms with Gasteiger partial charge in [0.15, 0.2) is 0 Å². The van der Waals surface area contributed by atoms with Crippen molar-refractivity contribution in [3.05, 3.63) is 42.2 Å². The molecular formula is C13H14N2O2. The van der Waals surface area contributed by atoms with E-state index in [-0.39, 0.29) is 0 Å². The number of aryl methyl sites for hydroxylation is 2. The third kappa shape index (κ3) is 2.72. The van der Waals surface area contributed by atoms with E-state index in [0.717, 1.165) is 23.9 Å². The van der Waals surface area contributed by atoms with Gasteiger partial charge in [-0.1, -0.05) is 12.1 Å². The van der Waals surface area contributed by atoms with E-state index in [1.165, 1.54) is 11.6 Å². The second-order valence-corrected chi connectivity index (χ2v) is 3.96. The molecule has 0 radical (unpaired) electrons. The van der Waals surface area contributed by atoms with Crippen LogP contribution in [-0.2, 0) is 18.3 Å². The number of carboxylic acids is 1. The first-order valence-corrected chi connectivity index (χ1v) is 5.46. The molecule has 1 aromatic carbocycles. The minimum Gasteiger partial charge on any atom is -0.478 e. The summed E-state index contributed by atoms with van der Waals surface area (Å²) < 4.78 is 1.98. The Morgan fingerprint density at radius 1 is 1.53 bits per heavy atom. The Bertz CT molecular complexity index is 570. The van der Waals surface area contributed by atoms with Crippen LogP contribution in [0.5, 0.6) is 0 Å². The van der Waals surface area contributed by atoms with Gasteiger partial charge in [-0.15, -0.1) is 0 Å². The molecule has 0 aliphatic heterocycles. The molecular weight excluding hydrogens is 216 g/mol. The van der Waals surface area contributed by atoms with Crippen molar-refractivity contribution in [1.29, 1.82) is 0 Å². The maximum absolute atomic E-state index is 10.3. The molecule has 0 unspecified atom stereocenters. The molecule has 0 aliphatic rings. The van der Waals surface area contributed by atoms with Crippen molar-refractivity contribution in [3.63, 3.8) is 0 Å². The van der Waals surface area contributed by atoms with Gasteiger partial charge in [0.05, 0.1) is 17.4 Å². The zero-order valence-electron chi connectivity index (χ0n) is 9.63. The minimum absolute atomic E-state index is 0.727. The number of nitrogens with zero attached hydrogens (tertiary/aromatic N) is 2. The molecule has 0 bridgehead atoms. The zero-order chi connectivity index (χ0) is 12.3. The second-order valence-electron chi connectivity index (χ2n) is 3.96. The fraction of sp³-hybridized carbons (Fsp3) is 0.231. The van der Waals surface area contributed by atoms with Crippen LogP contribution in [0.25, 0.3) is 11.0 Å². The van der Waals surface area contributed by atoms with Crippen molar-refractivity contribution in [2.75, 3.05) is 0 Å². The largest absolute Gasteiger partial charge is 0.478 e. The highest BCUT2D eigenvalue weighted by molar-refractivity contribution is 5.79. The highest BCUT2D eigenvalue weighted by Crippen LogP contribution is 2.15. The SMILES string of the molecule is Cn1cnc2cc(CC/C=C/C(=O)O)ccc21. The fourth-order valence-corrected chi connectivity index (χ4v) is 1.77. The van der Waals surface area contributed by atoms with Crippen molar-refractivity contribution in [1.82, 2.24) is 9.55 Å². The van der Waals surface area contributed by atoms with E-state index in [0.29, 0.717) is 0 Å². The maximum Gasteiger partial charge on any atom is 0.327 e.